The average Bonchev–Trinajstić information content (AvgIpc) is 1.86. The third-order valence-corrected chi connectivity index (χ3v) is 1.10. The fourth-order valence-electron chi connectivity index (χ4n) is 0.622. The lowest BCUT2D eigenvalue weighted by molar-refractivity contribution is -0.140. The van der Waals surface area contributed by atoms with Gasteiger partial charge in [-0.1, -0.05) is 19.1 Å². The molecule has 0 aromatic carbocycles. The molecule has 0 aliphatic rings. The zero-order valence-electron chi connectivity index (χ0n) is 6.54. The Morgan fingerprint density at radius 2 is 2.00 bits per heavy atom. The molecule has 0 atom stereocenters. The second-order valence-electron chi connectivity index (χ2n) is 2.19. The molecule has 11 heavy (non-hydrogen) atoms. The number of carbonyl (C=O) groups is 2. The standard InChI is InChI=1S/C8H12O3/c1-2-3-4-5-7(9)6-8(10)11/h3-4H,2,5-6H2,1H3,(H,10,11). The Morgan fingerprint density at radius 3 is 2.45 bits per heavy atom. The molecular formula is C8H12O3. The van der Waals surface area contributed by atoms with Crippen LogP contribution in [0.2, 0.25) is 0 Å². The van der Waals surface area contributed by atoms with Crippen molar-refractivity contribution in [1.82, 2.24) is 0 Å². The third kappa shape index (κ3) is 6.77. The van der Waals surface area contributed by atoms with E-state index in [1.54, 1.807) is 6.08 Å². The minimum Gasteiger partial charge on any atom is -0.481 e. The van der Waals surface area contributed by atoms with E-state index in [2.05, 4.69) is 0 Å². The van der Waals surface area contributed by atoms with Crippen LogP contribution in [0.3, 0.4) is 0 Å². The van der Waals surface area contributed by atoms with Gasteiger partial charge >= 0.3 is 5.97 Å². The number of Topliss-reactive ketones (excluding diaryl/α,β-unsaturated/α-hetero) is 1. The molecular weight excluding hydrogens is 144 g/mol. The Morgan fingerprint density at radius 1 is 1.36 bits per heavy atom. The maximum atomic E-state index is 10.7. The van der Waals surface area contributed by atoms with Gasteiger partial charge in [0.05, 0.1) is 0 Å². The molecule has 0 spiro atoms. The van der Waals surface area contributed by atoms with E-state index < -0.39 is 5.97 Å². The minimum absolute atomic E-state index is 0.236. The van der Waals surface area contributed by atoms with Crippen LogP contribution in [0.25, 0.3) is 0 Å². The summed E-state index contributed by atoms with van der Waals surface area (Å²) in [7, 11) is 0. The number of carboxylic acid groups (broad SMARTS) is 1. The molecule has 0 bridgehead atoms. The molecule has 0 unspecified atom stereocenters. The maximum Gasteiger partial charge on any atom is 0.310 e. The van der Waals surface area contributed by atoms with Crippen molar-refractivity contribution in [2.75, 3.05) is 0 Å². The summed E-state index contributed by atoms with van der Waals surface area (Å²) in [5.41, 5.74) is 0. The predicted molar refractivity (Wildman–Crippen MR) is 41.3 cm³/mol. The molecule has 0 heterocycles. The molecule has 0 saturated carbocycles. The van der Waals surface area contributed by atoms with Gasteiger partial charge in [0.15, 0.2) is 0 Å². The molecule has 0 amide bonds. The van der Waals surface area contributed by atoms with Crippen molar-refractivity contribution in [1.29, 1.82) is 0 Å². The van der Waals surface area contributed by atoms with Gasteiger partial charge in [0.2, 0.25) is 0 Å². The summed E-state index contributed by atoms with van der Waals surface area (Å²) in [4.78, 5) is 20.7. The fourth-order valence-corrected chi connectivity index (χ4v) is 0.622. The second kappa shape index (κ2) is 5.65. The average molecular weight is 156 g/mol. The quantitative estimate of drug-likeness (QED) is 0.483. The van der Waals surface area contributed by atoms with Gasteiger partial charge in [0, 0.05) is 6.42 Å². The molecule has 0 aromatic heterocycles. The summed E-state index contributed by atoms with van der Waals surface area (Å²) < 4.78 is 0. The van der Waals surface area contributed by atoms with Gasteiger partial charge in [-0.2, -0.15) is 0 Å². The van der Waals surface area contributed by atoms with Gasteiger partial charge in [0.25, 0.3) is 0 Å². The molecule has 0 radical (unpaired) electrons. The van der Waals surface area contributed by atoms with Crippen molar-refractivity contribution in [3.63, 3.8) is 0 Å². The fraction of sp³-hybridized carbons (Fsp3) is 0.500. The number of hydrogen-bond acceptors (Lipinski definition) is 2. The van der Waals surface area contributed by atoms with E-state index in [1.165, 1.54) is 0 Å². The first-order valence-electron chi connectivity index (χ1n) is 3.55. The van der Waals surface area contributed by atoms with Crippen LogP contribution in [0.1, 0.15) is 26.2 Å². The van der Waals surface area contributed by atoms with Crippen LogP contribution in [0.5, 0.6) is 0 Å². The van der Waals surface area contributed by atoms with Gasteiger partial charge in [0.1, 0.15) is 12.2 Å². The van der Waals surface area contributed by atoms with E-state index >= 15 is 0 Å². The SMILES string of the molecule is CCC=CCC(=O)CC(=O)O. The molecule has 1 N–H and O–H groups in total. The largest absolute Gasteiger partial charge is 0.481 e. The van der Waals surface area contributed by atoms with Gasteiger partial charge in [-0.15, -0.1) is 0 Å². The van der Waals surface area contributed by atoms with E-state index in [1.807, 2.05) is 13.0 Å². The normalized spacial score (nSPS) is 10.3. The lowest BCUT2D eigenvalue weighted by atomic mass is 10.2. The second-order valence-corrected chi connectivity index (χ2v) is 2.19. The van der Waals surface area contributed by atoms with E-state index in [9.17, 15) is 9.59 Å². The van der Waals surface area contributed by atoms with Crippen molar-refractivity contribution in [3.05, 3.63) is 12.2 Å². The predicted octanol–water partition coefficient (Wildman–Crippen LogP) is 1.39. The van der Waals surface area contributed by atoms with Gasteiger partial charge in [-0.25, -0.2) is 0 Å². The summed E-state index contributed by atoms with van der Waals surface area (Å²) in [6.45, 7) is 1.96. The summed E-state index contributed by atoms with van der Waals surface area (Å²) >= 11 is 0. The van der Waals surface area contributed by atoms with E-state index in [4.69, 9.17) is 5.11 Å². The molecule has 0 aliphatic carbocycles. The lowest BCUT2D eigenvalue weighted by Gasteiger charge is -1.89. The summed E-state index contributed by atoms with van der Waals surface area (Å²) in [6.07, 6.45) is 4.29. The maximum absolute atomic E-state index is 10.7. The van der Waals surface area contributed by atoms with Gasteiger partial charge in [-0.05, 0) is 6.42 Å². The van der Waals surface area contributed by atoms with Crippen LogP contribution in [0, 0.1) is 0 Å². The molecule has 0 saturated heterocycles. The Hall–Kier alpha value is -1.12. The molecule has 3 heteroatoms. The first-order valence-corrected chi connectivity index (χ1v) is 3.55. The summed E-state index contributed by atoms with van der Waals surface area (Å²) in [5, 5.41) is 8.20. The molecule has 0 fully saturated rings. The Bertz CT molecular complexity index is 170. The number of hydrogen-bond donors (Lipinski definition) is 1. The van der Waals surface area contributed by atoms with Gasteiger partial charge in [-0.3, -0.25) is 9.59 Å². The van der Waals surface area contributed by atoms with E-state index in [-0.39, 0.29) is 18.6 Å². The zero-order valence-corrected chi connectivity index (χ0v) is 6.54. The van der Waals surface area contributed by atoms with Crippen molar-refractivity contribution in [3.8, 4) is 0 Å². The third-order valence-electron chi connectivity index (χ3n) is 1.10. The van der Waals surface area contributed by atoms with Crippen LogP contribution in [-0.4, -0.2) is 16.9 Å². The highest BCUT2D eigenvalue weighted by atomic mass is 16.4. The molecule has 0 aromatic rings. The van der Waals surface area contributed by atoms with E-state index in [0.29, 0.717) is 0 Å². The van der Waals surface area contributed by atoms with Crippen LogP contribution in [0.4, 0.5) is 0 Å². The highest BCUT2D eigenvalue weighted by molar-refractivity contribution is 5.95. The lowest BCUT2D eigenvalue weighted by Crippen LogP contribution is -2.04. The highest BCUT2D eigenvalue weighted by Gasteiger charge is 2.04. The first-order chi connectivity index (χ1) is 5.16. The Labute approximate surface area is 65.7 Å². The monoisotopic (exact) mass is 156 g/mol. The number of rotatable bonds is 5. The van der Waals surface area contributed by atoms with Gasteiger partial charge < -0.3 is 5.11 Å². The molecule has 0 rings (SSSR count). The molecule has 62 valence electrons. The van der Waals surface area contributed by atoms with Crippen molar-refractivity contribution in [2.24, 2.45) is 0 Å². The Kier molecular flexibility index (Phi) is 5.07. The number of allylic oxidation sites excluding steroid dienone is 2. The van der Waals surface area contributed by atoms with E-state index in [0.717, 1.165) is 6.42 Å². The van der Waals surface area contributed by atoms with Crippen molar-refractivity contribution < 1.29 is 14.7 Å². The highest BCUT2D eigenvalue weighted by Crippen LogP contribution is 1.92. The van der Waals surface area contributed by atoms with Crippen LogP contribution in [0.15, 0.2) is 12.2 Å². The first kappa shape index (κ1) is 9.88. The van der Waals surface area contributed by atoms with Crippen LogP contribution < -0.4 is 0 Å². The van der Waals surface area contributed by atoms with Crippen LogP contribution >= 0.6 is 0 Å². The Balaban J connectivity index is 3.53. The van der Waals surface area contributed by atoms with Crippen molar-refractivity contribution >= 4 is 11.8 Å². The molecule has 0 aliphatic heterocycles. The number of carboxylic acids is 1. The number of aliphatic carboxylic acids is 1. The number of carbonyl (C=O) groups excluding carboxylic acids is 1. The smallest absolute Gasteiger partial charge is 0.310 e. The van der Waals surface area contributed by atoms with Crippen LogP contribution in [-0.2, 0) is 9.59 Å². The summed E-state index contributed by atoms with van der Waals surface area (Å²) in [5.74, 6) is -1.30. The number of ketones is 1. The summed E-state index contributed by atoms with van der Waals surface area (Å²) in [6, 6.07) is 0. The molecule has 3 nitrogen and oxygen atoms in total. The zero-order chi connectivity index (χ0) is 8.69. The van der Waals surface area contributed by atoms with Crippen molar-refractivity contribution in [2.45, 2.75) is 26.2 Å². The topological polar surface area (TPSA) is 54.4 Å². The minimum atomic E-state index is -1.06.